The molecule has 0 aromatic heterocycles. The van der Waals surface area contributed by atoms with E-state index in [9.17, 15) is 4.39 Å². The maximum atomic E-state index is 14.3. The van der Waals surface area contributed by atoms with Crippen LogP contribution in [0.4, 0.5) is 4.39 Å². The van der Waals surface area contributed by atoms with Crippen molar-refractivity contribution in [2.75, 3.05) is 0 Å². The summed E-state index contributed by atoms with van der Waals surface area (Å²) in [7, 11) is 0. The average molecular weight is 274 g/mol. The van der Waals surface area contributed by atoms with Gasteiger partial charge in [-0.05, 0) is 62.1 Å². The molecule has 0 atom stereocenters. The van der Waals surface area contributed by atoms with Crippen LogP contribution in [0.15, 0.2) is 18.2 Å². The van der Waals surface area contributed by atoms with Gasteiger partial charge in [-0.15, -0.1) is 0 Å². The van der Waals surface area contributed by atoms with Gasteiger partial charge in [0.25, 0.3) is 0 Å². The zero-order valence-corrected chi connectivity index (χ0v) is 12.2. The Morgan fingerprint density at radius 2 is 1.85 bits per heavy atom. The monoisotopic (exact) mass is 274 g/mol. The molecule has 0 bridgehead atoms. The van der Waals surface area contributed by atoms with Gasteiger partial charge in [-0.1, -0.05) is 31.1 Å². The molecule has 2 saturated carbocycles. The number of hydrogen-bond donors (Lipinski definition) is 0. The molecular weight excluding hydrogens is 251 g/mol. The van der Waals surface area contributed by atoms with E-state index in [0.717, 1.165) is 18.4 Å². The molecule has 0 amide bonds. The minimum Gasteiger partial charge on any atom is -0.487 e. The molecule has 0 unspecified atom stereocenters. The Hall–Kier alpha value is -1.31. The second kappa shape index (κ2) is 5.99. The van der Waals surface area contributed by atoms with Gasteiger partial charge < -0.3 is 4.74 Å². The van der Waals surface area contributed by atoms with Crippen LogP contribution < -0.4 is 4.74 Å². The molecule has 3 rings (SSSR count). The molecule has 1 aromatic rings. The highest BCUT2D eigenvalue weighted by molar-refractivity contribution is 5.56. The van der Waals surface area contributed by atoms with E-state index in [4.69, 9.17) is 4.74 Å². The first-order valence-corrected chi connectivity index (χ1v) is 7.88. The quantitative estimate of drug-likeness (QED) is 0.727. The minimum atomic E-state index is -0.189. The molecule has 0 heterocycles. The number of rotatable bonds is 4. The van der Waals surface area contributed by atoms with Gasteiger partial charge >= 0.3 is 0 Å². The van der Waals surface area contributed by atoms with Gasteiger partial charge in [0.1, 0.15) is 0 Å². The molecule has 0 aliphatic heterocycles. The van der Waals surface area contributed by atoms with Crippen molar-refractivity contribution in [1.29, 1.82) is 0 Å². The Morgan fingerprint density at radius 1 is 1.10 bits per heavy atom. The summed E-state index contributed by atoms with van der Waals surface area (Å²) >= 11 is 0. The van der Waals surface area contributed by atoms with Gasteiger partial charge in [-0.2, -0.15) is 0 Å². The summed E-state index contributed by atoms with van der Waals surface area (Å²) in [5.74, 6) is 0.916. The Balaban J connectivity index is 1.73. The van der Waals surface area contributed by atoms with Crippen LogP contribution in [0, 0.1) is 18.7 Å². The van der Waals surface area contributed by atoms with Gasteiger partial charge in [0.15, 0.2) is 11.6 Å². The molecule has 2 aliphatic rings. The van der Waals surface area contributed by atoms with Crippen LogP contribution in [0.3, 0.4) is 0 Å². The number of halogens is 1. The number of hydrogen-bond acceptors (Lipinski definition) is 1. The van der Waals surface area contributed by atoms with Gasteiger partial charge in [-0.3, -0.25) is 0 Å². The highest BCUT2D eigenvalue weighted by Crippen LogP contribution is 2.31. The van der Waals surface area contributed by atoms with Crippen molar-refractivity contribution in [3.05, 3.63) is 35.2 Å². The van der Waals surface area contributed by atoms with E-state index in [1.165, 1.54) is 32.1 Å². The summed E-state index contributed by atoms with van der Waals surface area (Å²) in [5, 5.41) is 0. The van der Waals surface area contributed by atoms with E-state index >= 15 is 0 Å². The van der Waals surface area contributed by atoms with Gasteiger partial charge in [0.05, 0.1) is 6.10 Å². The largest absolute Gasteiger partial charge is 0.487 e. The molecular formula is C18H23FO. The number of ether oxygens (including phenoxy) is 1. The molecule has 1 aromatic carbocycles. The van der Waals surface area contributed by atoms with Crippen LogP contribution in [0.25, 0.3) is 6.08 Å². The first-order valence-electron chi connectivity index (χ1n) is 7.88. The summed E-state index contributed by atoms with van der Waals surface area (Å²) in [4.78, 5) is 0. The van der Waals surface area contributed by atoms with Gasteiger partial charge in [0.2, 0.25) is 0 Å². The van der Waals surface area contributed by atoms with E-state index in [0.29, 0.717) is 17.2 Å². The lowest BCUT2D eigenvalue weighted by Gasteiger charge is -2.26. The second-order valence-electron chi connectivity index (χ2n) is 6.17. The fourth-order valence-electron chi connectivity index (χ4n) is 3.00. The van der Waals surface area contributed by atoms with Crippen molar-refractivity contribution in [1.82, 2.24) is 0 Å². The summed E-state index contributed by atoms with van der Waals surface area (Å²) < 4.78 is 20.0. The van der Waals surface area contributed by atoms with Crippen molar-refractivity contribution in [2.45, 2.75) is 58.0 Å². The van der Waals surface area contributed by atoms with Crippen molar-refractivity contribution >= 4 is 6.08 Å². The highest BCUT2D eigenvalue weighted by atomic mass is 19.1. The van der Waals surface area contributed by atoms with Crippen LogP contribution >= 0.6 is 0 Å². The lowest BCUT2D eigenvalue weighted by molar-refractivity contribution is 0.115. The predicted molar refractivity (Wildman–Crippen MR) is 80.4 cm³/mol. The van der Waals surface area contributed by atoms with E-state index < -0.39 is 0 Å². The Kier molecular flexibility index (Phi) is 4.09. The molecule has 2 aliphatic carbocycles. The highest BCUT2D eigenvalue weighted by Gasteiger charge is 2.21. The van der Waals surface area contributed by atoms with E-state index in [-0.39, 0.29) is 11.9 Å². The van der Waals surface area contributed by atoms with Crippen LogP contribution in [-0.2, 0) is 0 Å². The molecule has 0 N–H and O–H groups in total. The lowest BCUT2D eigenvalue weighted by Crippen LogP contribution is -2.25. The molecule has 0 saturated heterocycles. The summed E-state index contributed by atoms with van der Waals surface area (Å²) in [5.41, 5.74) is 1.69. The third-order valence-corrected chi connectivity index (χ3v) is 4.69. The molecule has 0 spiro atoms. The standard InChI is InChI=1S/C18H23FO/c1-13-15(10-9-14-5-2-3-6-14)11-12-17(18(13)19)20-16-7-4-8-16/h9-12,14,16H,2-8H2,1H3/b10-9+. The third kappa shape index (κ3) is 2.89. The van der Waals surface area contributed by atoms with Crippen LogP contribution in [0.2, 0.25) is 0 Å². The van der Waals surface area contributed by atoms with E-state index in [1.54, 1.807) is 6.07 Å². The molecule has 0 radical (unpaired) electrons. The van der Waals surface area contributed by atoms with E-state index in [1.807, 2.05) is 13.0 Å². The van der Waals surface area contributed by atoms with Gasteiger partial charge in [0, 0.05) is 0 Å². The van der Waals surface area contributed by atoms with Crippen LogP contribution in [0.5, 0.6) is 5.75 Å². The summed E-state index contributed by atoms with van der Waals surface area (Å²) in [6.07, 6.45) is 13.1. The third-order valence-electron chi connectivity index (χ3n) is 4.69. The Morgan fingerprint density at radius 3 is 2.50 bits per heavy atom. The lowest BCUT2D eigenvalue weighted by atomic mass is 9.96. The fourth-order valence-corrected chi connectivity index (χ4v) is 3.00. The SMILES string of the molecule is Cc1c(/C=C/C2CCCC2)ccc(OC2CCC2)c1F. The normalized spacial score (nSPS) is 20.5. The minimum absolute atomic E-state index is 0.189. The predicted octanol–water partition coefficient (Wildman–Crippen LogP) is 5.27. The number of benzene rings is 1. The fraction of sp³-hybridized carbons (Fsp3) is 0.556. The molecule has 1 nitrogen and oxygen atoms in total. The summed E-state index contributed by atoms with van der Waals surface area (Å²) in [6, 6.07) is 3.77. The maximum Gasteiger partial charge on any atom is 0.168 e. The molecule has 20 heavy (non-hydrogen) atoms. The average Bonchev–Trinajstić information content (AvgIpc) is 2.90. The maximum absolute atomic E-state index is 14.3. The first-order chi connectivity index (χ1) is 9.74. The van der Waals surface area contributed by atoms with Crippen molar-refractivity contribution in [3.63, 3.8) is 0 Å². The number of allylic oxidation sites excluding steroid dienone is 1. The van der Waals surface area contributed by atoms with Crippen molar-refractivity contribution in [3.8, 4) is 5.75 Å². The van der Waals surface area contributed by atoms with Crippen LogP contribution in [-0.4, -0.2) is 6.10 Å². The summed E-state index contributed by atoms with van der Waals surface area (Å²) in [6.45, 7) is 1.84. The van der Waals surface area contributed by atoms with Crippen LogP contribution in [0.1, 0.15) is 56.1 Å². The molecule has 2 fully saturated rings. The van der Waals surface area contributed by atoms with Gasteiger partial charge in [-0.25, -0.2) is 4.39 Å². The Labute approximate surface area is 120 Å². The molecule has 108 valence electrons. The smallest absolute Gasteiger partial charge is 0.168 e. The first kappa shape index (κ1) is 13.7. The second-order valence-corrected chi connectivity index (χ2v) is 6.17. The topological polar surface area (TPSA) is 9.23 Å². The van der Waals surface area contributed by atoms with Crippen molar-refractivity contribution in [2.24, 2.45) is 5.92 Å². The zero-order valence-electron chi connectivity index (χ0n) is 12.2. The molecule has 2 heteroatoms. The Bertz CT molecular complexity index is 496. The van der Waals surface area contributed by atoms with E-state index in [2.05, 4.69) is 12.2 Å². The van der Waals surface area contributed by atoms with Crippen molar-refractivity contribution < 1.29 is 9.13 Å². The zero-order chi connectivity index (χ0) is 13.9.